The molecule has 1 aromatic rings. The molecule has 118 valence electrons. The summed E-state index contributed by atoms with van der Waals surface area (Å²) < 4.78 is 2.52. The molecule has 1 unspecified atom stereocenters. The van der Waals surface area contributed by atoms with Crippen molar-refractivity contribution in [2.24, 2.45) is 0 Å². The van der Waals surface area contributed by atoms with Gasteiger partial charge in [0.25, 0.3) is 0 Å². The average Bonchev–Trinajstić information content (AvgIpc) is 2.58. The molecule has 2 heterocycles. The lowest BCUT2D eigenvalue weighted by atomic mass is 9.94. The van der Waals surface area contributed by atoms with Crippen LogP contribution in [0.4, 0.5) is 0 Å². The van der Waals surface area contributed by atoms with Crippen molar-refractivity contribution in [3.63, 3.8) is 0 Å². The molecule has 0 radical (unpaired) electrons. The molecule has 2 aliphatic heterocycles. The van der Waals surface area contributed by atoms with Crippen molar-refractivity contribution in [3.05, 3.63) is 30.3 Å². The van der Waals surface area contributed by atoms with E-state index in [0.29, 0.717) is 6.04 Å². The van der Waals surface area contributed by atoms with Crippen LogP contribution < -0.4 is 0 Å². The molecule has 1 aromatic carbocycles. The second-order valence-corrected chi connectivity index (χ2v) is 7.53. The van der Waals surface area contributed by atoms with E-state index in [1.807, 2.05) is 11.9 Å². The van der Waals surface area contributed by atoms with E-state index in [-0.39, 0.29) is 0 Å². The maximum Gasteiger partial charge on any atom is 0.0243 e. The Morgan fingerprint density at radius 2 is 1.82 bits per heavy atom. The first kappa shape index (κ1) is 15.9. The van der Waals surface area contributed by atoms with Crippen molar-refractivity contribution >= 4 is 11.9 Å². The molecular formula is C19H26N2S. The van der Waals surface area contributed by atoms with Gasteiger partial charge in [-0.2, -0.15) is 0 Å². The molecule has 0 bridgehead atoms. The monoisotopic (exact) mass is 314 g/mol. The van der Waals surface area contributed by atoms with Crippen LogP contribution in [-0.2, 0) is 0 Å². The zero-order valence-electron chi connectivity index (χ0n) is 13.3. The van der Waals surface area contributed by atoms with Crippen LogP contribution in [0.5, 0.6) is 0 Å². The first-order valence-electron chi connectivity index (χ1n) is 8.54. The second kappa shape index (κ2) is 8.06. The van der Waals surface area contributed by atoms with Crippen molar-refractivity contribution in [1.29, 1.82) is 0 Å². The third kappa shape index (κ3) is 4.07. The van der Waals surface area contributed by atoms with Crippen LogP contribution in [0.2, 0.25) is 0 Å². The lowest BCUT2D eigenvalue weighted by Crippen LogP contribution is -2.50. The van der Waals surface area contributed by atoms with Crippen molar-refractivity contribution in [2.45, 2.75) is 55.5 Å². The highest BCUT2D eigenvalue weighted by atomic mass is 32.2. The third-order valence-corrected chi connectivity index (χ3v) is 6.00. The minimum atomic E-state index is 0.636. The summed E-state index contributed by atoms with van der Waals surface area (Å²) in [5.74, 6) is 2.89. The highest BCUT2D eigenvalue weighted by Gasteiger charge is 2.31. The smallest absolute Gasteiger partial charge is 0.0243 e. The summed E-state index contributed by atoms with van der Waals surface area (Å²) in [5.41, 5.74) is 0. The van der Waals surface area contributed by atoms with E-state index in [1.165, 1.54) is 56.6 Å². The van der Waals surface area contributed by atoms with E-state index < -0.39 is 0 Å². The summed E-state index contributed by atoms with van der Waals surface area (Å²) in [5, 5.41) is 0. The molecule has 0 amide bonds. The molecule has 0 N–H and O–H groups in total. The molecule has 0 spiro atoms. The van der Waals surface area contributed by atoms with Gasteiger partial charge in [-0.1, -0.05) is 24.6 Å². The van der Waals surface area contributed by atoms with Gasteiger partial charge in [0.05, 0.1) is 0 Å². The van der Waals surface area contributed by atoms with E-state index in [1.54, 1.807) is 0 Å². The van der Waals surface area contributed by atoms with Gasteiger partial charge in [-0.15, -0.1) is 12.3 Å². The summed E-state index contributed by atoms with van der Waals surface area (Å²) >= 11 is 1.91. The summed E-state index contributed by atoms with van der Waals surface area (Å²) in [6.45, 7) is 3.62. The fraction of sp³-hybridized carbons (Fsp3) is 0.579. The molecule has 2 fully saturated rings. The van der Waals surface area contributed by atoms with E-state index in [4.69, 9.17) is 6.42 Å². The first-order chi connectivity index (χ1) is 10.9. The average molecular weight is 314 g/mol. The zero-order chi connectivity index (χ0) is 15.2. The number of hydrogen-bond donors (Lipinski definition) is 0. The molecule has 3 rings (SSSR count). The Hall–Kier alpha value is -0.950. The minimum Gasteiger partial charge on any atom is -0.296 e. The van der Waals surface area contributed by atoms with Crippen molar-refractivity contribution in [2.75, 3.05) is 19.6 Å². The molecule has 2 nitrogen and oxygen atoms in total. The van der Waals surface area contributed by atoms with E-state index >= 15 is 0 Å². The van der Waals surface area contributed by atoms with Crippen molar-refractivity contribution < 1.29 is 0 Å². The van der Waals surface area contributed by atoms with Crippen molar-refractivity contribution in [3.8, 4) is 12.3 Å². The van der Waals surface area contributed by atoms with Crippen molar-refractivity contribution in [1.82, 2.24) is 9.21 Å². The molecule has 2 saturated heterocycles. The molecule has 1 atom stereocenters. The zero-order valence-corrected chi connectivity index (χ0v) is 14.1. The molecule has 2 aliphatic rings. The predicted octanol–water partition coefficient (Wildman–Crippen LogP) is 4.04. The van der Waals surface area contributed by atoms with Crippen LogP contribution in [-0.4, -0.2) is 40.9 Å². The van der Waals surface area contributed by atoms with E-state index in [2.05, 4.69) is 45.5 Å². The number of rotatable bonds is 4. The van der Waals surface area contributed by atoms with E-state index in [0.717, 1.165) is 12.5 Å². The number of hydrogen-bond acceptors (Lipinski definition) is 3. The molecule has 0 saturated carbocycles. The maximum absolute atomic E-state index is 5.57. The lowest BCUT2D eigenvalue weighted by Gasteiger charge is -2.44. The number of terminal acetylenes is 1. The van der Waals surface area contributed by atoms with Crippen LogP contribution >= 0.6 is 11.9 Å². The Kier molecular flexibility index (Phi) is 5.83. The van der Waals surface area contributed by atoms with Gasteiger partial charge in [-0.25, -0.2) is 4.31 Å². The summed E-state index contributed by atoms with van der Waals surface area (Å²) in [7, 11) is 0. The van der Waals surface area contributed by atoms with Gasteiger partial charge >= 0.3 is 0 Å². The van der Waals surface area contributed by atoms with Gasteiger partial charge in [0.15, 0.2) is 0 Å². The molecule has 3 heteroatoms. The van der Waals surface area contributed by atoms with Gasteiger partial charge in [0.1, 0.15) is 0 Å². The Morgan fingerprint density at radius 3 is 2.55 bits per heavy atom. The van der Waals surface area contributed by atoms with Gasteiger partial charge in [-0.05, 0) is 56.3 Å². The number of piperidine rings is 2. The van der Waals surface area contributed by atoms with Crippen LogP contribution in [0.15, 0.2) is 35.2 Å². The maximum atomic E-state index is 5.57. The largest absolute Gasteiger partial charge is 0.296 e. The van der Waals surface area contributed by atoms with Crippen LogP contribution in [0, 0.1) is 12.3 Å². The Morgan fingerprint density at radius 1 is 1.05 bits per heavy atom. The second-order valence-electron chi connectivity index (χ2n) is 6.36. The predicted molar refractivity (Wildman–Crippen MR) is 94.7 cm³/mol. The highest BCUT2D eigenvalue weighted by Crippen LogP contribution is 2.30. The third-order valence-electron chi connectivity index (χ3n) is 4.90. The Balaban J connectivity index is 1.51. The van der Waals surface area contributed by atoms with Crippen LogP contribution in [0.3, 0.4) is 0 Å². The van der Waals surface area contributed by atoms with Gasteiger partial charge in [-0.3, -0.25) is 4.90 Å². The molecule has 0 aliphatic carbocycles. The standard InChI is InChI=1S/C19H26N2S/c1-2-8-17-9-6-7-14-21(17)18-12-15-20(16-13-18)22-19-10-4-3-5-11-19/h1,3-5,10-11,17-18H,6-9,12-16H2. The van der Waals surface area contributed by atoms with Gasteiger partial charge < -0.3 is 0 Å². The number of nitrogens with zero attached hydrogens (tertiary/aromatic N) is 2. The SMILES string of the molecule is C#CCC1CCCCN1C1CCN(Sc2ccccc2)CC1. The number of likely N-dealkylation sites (tertiary alicyclic amines) is 1. The first-order valence-corrected chi connectivity index (χ1v) is 9.31. The molecule has 22 heavy (non-hydrogen) atoms. The van der Waals surface area contributed by atoms with E-state index in [9.17, 15) is 0 Å². The topological polar surface area (TPSA) is 6.48 Å². The Labute approximate surface area is 139 Å². The van der Waals surface area contributed by atoms with Gasteiger partial charge in [0.2, 0.25) is 0 Å². The Bertz CT molecular complexity index is 488. The molecule has 0 aromatic heterocycles. The highest BCUT2D eigenvalue weighted by molar-refractivity contribution is 7.97. The summed E-state index contributed by atoms with van der Waals surface area (Å²) in [6, 6.07) is 12.1. The fourth-order valence-electron chi connectivity index (χ4n) is 3.75. The summed E-state index contributed by atoms with van der Waals surface area (Å²) in [4.78, 5) is 4.08. The fourth-order valence-corrected chi connectivity index (χ4v) is 4.72. The van der Waals surface area contributed by atoms with Gasteiger partial charge in [0, 0.05) is 36.5 Å². The number of benzene rings is 1. The lowest BCUT2D eigenvalue weighted by molar-refractivity contribution is 0.0689. The normalized spacial score (nSPS) is 25.0. The molecular weight excluding hydrogens is 288 g/mol. The van der Waals surface area contributed by atoms with Crippen LogP contribution in [0.1, 0.15) is 38.5 Å². The van der Waals surface area contributed by atoms with Crippen LogP contribution in [0.25, 0.3) is 0 Å². The summed E-state index contributed by atoms with van der Waals surface area (Å²) in [6.07, 6.45) is 13.1. The minimum absolute atomic E-state index is 0.636. The quantitative estimate of drug-likeness (QED) is 0.612.